The predicted octanol–water partition coefficient (Wildman–Crippen LogP) is 32.4. The van der Waals surface area contributed by atoms with Crippen LogP contribution in [0.25, 0.3) is 250 Å². The topological polar surface area (TPSA) is 155 Å². The van der Waals surface area contributed by atoms with Crippen molar-refractivity contribution in [2.45, 2.75) is 0 Å². The Balaban J connectivity index is 0.0000000995. The summed E-state index contributed by atoms with van der Waals surface area (Å²) in [5.74, 6) is 2.68. The predicted molar refractivity (Wildman–Crippen MR) is 569 cm³/mol. The fourth-order valence-electron chi connectivity index (χ4n) is 17.4. The number of benzene rings is 19. The Morgan fingerprint density at radius 2 is 0.419 bits per heavy atom. The number of hydrogen-bond acceptors (Lipinski definition) is 16. The molecule has 0 radical (unpaired) electrons. The lowest BCUT2D eigenvalue weighted by molar-refractivity contribution is 1.07. The maximum Gasteiger partial charge on any atom is 0.164 e. The van der Waals surface area contributed by atoms with Gasteiger partial charge in [0.15, 0.2) is 23.3 Å². The van der Waals surface area contributed by atoms with Gasteiger partial charge in [0.05, 0.1) is 85.7 Å². The second-order valence-electron chi connectivity index (χ2n) is 32.9. The average molecular weight is 1810 g/mol. The molecule has 0 atom stereocenters. The van der Waals surface area contributed by atoms with Gasteiger partial charge in [0, 0.05) is 99.1 Å². The molecule has 0 aliphatic rings. The van der Waals surface area contributed by atoms with Crippen LogP contribution >= 0.6 is 45.3 Å². The fraction of sp³-hybridized carbons (Fsp3) is 0. The molecule has 0 saturated carbocycles. The molecule has 0 bridgehead atoms. The number of hydrogen-bond donors (Lipinski definition) is 0. The fourth-order valence-corrected chi connectivity index (χ4v) is 21.4. The van der Waals surface area contributed by atoms with Crippen LogP contribution in [0.1, 0.15) is 0 Å². The first kappa shape index (κ1) is 82.1. The largest absolute Gasteiger partial charge is 0.248 e. The number of nitrogens with zero attached hydrogens (tertiary/aromatic N) is 12. The molecular weight excluding hydrogens is 1740 g/mol. The lowest BCUT2D eigenvalue weighted by Gasteiger charge is -2.11. The highest BCUT2D eigenvalue weighted by atomic mass is 32.1. The van der Waals surface area contributed by atoms with E-state index < -0.39 is 0 Å². The minimum absolute atomic E-state index is 0.644. The maximum absolute atomic E-state index is 5.08. The van der Waals surface area contributed by atoms with E-state index in [4.69, 9.17) is 59.8 Å². The van der Waals surface area contributed by atoms with Crippen LogP contribution < -0.4 is 0 Å². The van der Waals surface area contributed by atoms with Crippen molar-refractivity contribution >= 4 is 162 Å². The van der Waals surface area contributed by atoms with Crippen molar-refractivity contribution in [1.29, 1.82) is 0 Å². The van der Waals surface area contributed by atoms with Gasteiger partial charge in [-0.2, -0.15) is 0 Å². The van der Waals surface area contributed by atoms with Crippen LogP contribution in [0.2, 0.25) is 0 Å². The molecule has 0 aliphatic carbocycles. The van der Waals surface area contributed by atoms with Crippen LogP contribution in [0.15, 0.2) is 449 Å². The van der Waals surface area contributed by atoms with E-state index in [0.717, 1.165) is 202 Å². The zero-order chi connectivity index (χ0) is 90.2. The normalized spacial score (nSPS) is 11.4. The van der Waals surface area contributed by atoms with Gasteiger partial charge in [-0.25, -0.2) is 59.8 Å². The molecule has 0 spiro atoms. The van der Waals surface area contributed by atoms with Crippen molar-refractivity contribution in [3.63, 3.8) is 0 Å². The molecule has 0 saturated heterocycles. The highest BCUT2D eigenvalue weighted by Crippen LogP contribution is 2.44. The molecule has 0 N–H and O–H groups in total. The number of para-hydroxylation sites is 4. The molecule has 27 aromatic rings. The van der Waals surface area contributed by atoms with Gasteiger partial charge in [0.1, 0.15) is 20.0 Å². The van der Waals surface area contributed by atoms with Gasteiger partial charge in [-0.05, 0) is 100 Å². The third-order valence-corrected chi connectivity index (χ3v) is 28.5. The summed E-state index contributed by atoms with van der Waals surface area (Å²) in [7, 11) is 0. The molecule has 16 heteroatoms. The van der Waals surface area contributed by atoms with E-state index in [1.807, 2.05) is 182 Å². The second kappa shape index (κ2) is 36.2. The van der Waals surface area contributed by atoms with E-state index >= 15 is 0 Å². The first-order valence-corrected chi connectivity index (χ1v) is 48.0. The van der Waals surface area contributed by atoms with Gasteiger partial charge >= 0.3 is 0 Å². The lowest BCUT2D eigenvalue weighted by Crippen LogP contribution is -2.00. The Labute approximate surface area is 797 Å². The molecule has 638 valence electrons. The Hall–Kier alpha value is -17.1. The van der Waals surface area contributed by atoms with Crippen molar-refractivity contribution in [3.05, 3.63) is 449 Å². The van der Waals surface area contributed by atoms with Gasteiger partial charge in [0.25, 0.3) is 0 Å². The van der Waals surface area contributed by atoms with Crippen LogP contribution in [0.3, 0.4) is 0 Å². The van der Waals surface area contributed by atoms with Gasteiger partial charge in [-0.15, -0.1) is 45.3 Å². The molecule has 0 fully saturated rings. The first-order valence-electron chi connectivity index (χ1n) is 44.8. The SMILES string of the molecule is c1ccc(-c2nc(-c3ccccc3)nc(-c3ccc4ccc5sc(-c6ccccc6)nc5c4c3)n2)cc1.c1ccc(-c2nc3c(ccc4ccc(-c5ccc6ccccc6n5)cc43)s2)cc1.c1ccc(-c2nc3c(ccc4ccc(-c5nc(-c6ccccc6)c6ccccc6n5)cc43)s2)cc1.c1ccc(-c2nc3c(ccc4ccc(-c5nc6ccccc6nc5-c5ccccc5)cc43)s2)cc1. The molecule has 8 heterocycles. The summed E-state index contributed by atoms with van der Waals surface area (Å²) in [4.78, 5) is 59.7. The van der Waals surface area contributed by atoms with Gasteiger partial charge < -0.3 is 0 Å². The standard InChI is InChI=1S/C32H20N4S.2C31H19N3S.C26H16N2S/c1-4-10-22(11-5-1)29-34-30(23-12-6-2-7-13-23)36-31(35-29)25-17-16-21-18-19-27-28(26(21)20-25)33-32(37-27)24-14-8-3-9-15-24;1-3-9-21(10-4-1)28-29(33-26-14-8-7-13-25(26)32-28)23-16-15-20-17-18-27-30(24(20)19-23)34-31(35-27)22-11-5-2-6-12-22;1-3-9-21(10-4-1)28-24-13-7-8-14-26(24)32-30(33-28)23-16-15-20-17-18-27-29(25(20)19-23)34-31(35-27)22-11-5-2-6-12-22;1-2-7-19(8-3-1)26-28-25-21-16-20(11-10-17(21)13-15-24(25)29-26)23-14-12-18-6-4-5-9-22(18)27-23/h1-20H;2*1-19H;1-16H. The van der Waals surface area contributed by atoms with E-state index in [-0.39, 0.29) is 0 Å². The molecule has 0 unspecified atom stereocenters. The number of fused-ring (bicyclic) bond motifs is 15. The summed E-state index contributed by atoms with van der Waals surface area (Å²) in [6, 6.07) is 154. The monoisotopic (exact) mass is 1810 g/mol. The van der Waals surface area contributed by atoms with Crippen molar-refractivity contribution in [1.82, 2.24) is 59.8 Å². The Morgan fingerprint density at radius 1 is 0.140 bits per heavy atom. The maximum atomic E-state index is 5.08. The van der Waals surface area contributed by atoms with E-state index in [9.17, 15) is 0 Å². The Kier molecular flexibility index (Phi) is 21.9. The minimum atomic E-state index is 0.644. The first-order chi connectivity index (χ1) is 67.3. The lowest BCUT2D eigenvalue weighted by atomic mass is 10.00. The molecule has 12 nitrogen and oxygen atoms in total. The van der Waals surface area contributed by atoms with Crippen LogP contribution in [0.4, 0.5) is 0 Å². The summed E-state index contributed by atoms with van der Waals surface area (Å²) >= 11 is 6.91. The zero-order valence-corrected chi connectivity index (χ0v) is 76.0. The highest BCUT2D eigenvalue weighted by molar-refractivity contribution is 7.23. The Morgan fingerprint density at radius 3 is 0.824 bits per heavy atom. The van der Waals surface area contributed by atoms with Crippen molar-refractivity contribution in [3.8, 4) is 133 Å². The van der Waals surface area contributed by atoms with E-state index in [1.54, 1.807) is 45.3 Å². The van der Waals surface area contributed by atoms with E-state index in [0.29, 0.717) is 17.5 Å². The molecule has 19 aromatic carbocycles. The minimum Gasteiger partial charge on any atom is -0.248 e. The van der Waals surface area contributed by atoms with Gasteiger partial charge in [0.2, 0.25) is 0 Å². The van der Waals surface area contributed by atoms with Crippen LogP contribution in [-0.2, 0) is 0 Å². The summed E-state index contributed by atoms with van der Waals surface area (Å²) in [6.07, 6.45) is 0. The Bertz CT molecular complexity index is 9110. The quantitative estimate of drug-likeness (QED) is 0.114. The second-order valence-corrected chi connectivity index (χ2v) is 37.0. The third kappa shape index (κ3) is 16.5. The number of thiazole rings is 4. The van der Waals surface area contributed by atoms with Crippen LogP contribution in [-0.4, -0.2) is 59.8 Å². The molecule has 8 aromatic heterocycles. The average Bonchev–Trinajstić information content (AvgIpc) is 1.15. The van der Waals surface area contributed by atoms with Crippen LogP contribution in [0.5, 0.6) is 0 Å². The smallest absolute Gasteiger partial charge is 0.164 e. The van der Waals surface area contributed by atoms with Crippen molar-refractivity contribution < 1.29 is 0 Å². The number of pyridine rings is 1. The van der Waals surface area contributed by atoms with Crippen molar-refractivity contribution in [2.75, 3.05) is 0 Å². The van der Waals surface area contributed by atoms with Crippen LogP contribution in [0, 0.1) is 0 Å². The number of aromatic nitrogens is 12. The summed E-state index contributed by atoms with van der Waals surface area (Å²) in [6.45, 7) is 0. The molecule has 27 rings (SSSR count). The third-order valence-electron chi connectivity index (χ3n) is 24.2. The van der Waals surface area contributed by atoms with E-state index in [1.165, 1.54) is 30.3 Å². The molecule has 136 heavy (non-hydrogen) atoms. The zero-order valence-electron chi connectivity index (χ0n) is 72.7. The molecule has 0 aliphatic heterocycles. The van der Waals surface area contributed by atoms with Crippen molar-refractivity contribution in [2.24, 2.45) is 0 Å². The number of rotatable bonds is 12. The van der Waals surface area contributed by atoms with Gasteiger partial charge in [-0.3, -0.25) is 0 Å². The van der Waals surface area contributed by atoms with Gasteiger partial charge in [-0.1, -0.05) is 370 Å². The molecule has 0 amide bonds. The summed E-state index contributed by atoms with van der Waals surface area (Å²) in [5, 5.41) is 15.6. The summed E-state index contributed by atoms with van der Waals surface area (Å²) in [5.41, 5.74) is 24.3. The molecular formula is C120H74N12S4. The summed E-state index contributed by atoms with van der Waals surface area (Å²) < 4.78 is 4.73. The van der Waals surface area contributed by atoms with E-state index in [2.05, 4.69) is 267 Å². The highest BCUT2D eigenvalue weighted by Gasteiger charge is 2.22.